The number of piperidine rings is 1. The lowest BCUT2D eigenvalue weighted by Crippen LogP contribution is -2.47. The zero-order chi connectivity index (χ0) is 12.7. The molecule has 0 radical (unpaired) electrons. The van der Waals surface area contributed by atoms with Gasteiger partial charge in [0, 0.05) is 22.7 Å². The third kappa shape index (κ3) is 2.27. The van der Waals surface area contributed by atoms with Crippen molar-refractivity contribution in [2.45, 2.75) is 43.8 Å². The first kappa shape index (κ1) is 12.4. The number of nitrogens with two attached hydrogens (primary N) is 1. The van der Waals surface area contributed by atoms with Crippen LogP contribution in [0.2, 0.25) is 5.02 Å². The van der Waals surface area contributed by atoms with E-state index in [1.165, 1.54) is 18.9 Å². The summed E-state index contributed by atoms with van der Waals surface area (Å²) in [5.74, 6) is -0.226. The zero-order valence-electron chi connectivity index (χ0n) is 10.3. The van der Waals surface area contributed by atoms with Crippen LogP contribution in [0.15, 0.2) is 18.2 Å². The number of nitrogens with zero attached hydrogens (tertiary/aromatic N) is 1. The van der Waals surface area contributed by atoms with Crippen molar-refractivity contribution in [1.82, 2.24) is 4.90 Å². The predicted molar refractivity (Wildman–Crippen MR) is 71.1 cm³/mol. The zero-order valence-corrected chi connectivity index (χ0v) is 11.0. The Morgan fingerprint density at radius 2 is 2.06 bits per heavy atom. The quantitative estimate of drug-likeness (QED) is 0.893. The molecule has 4 heteroatoms. The summed E-state index contributed by atoms with van der Waals surface area (Å²) < 4.78 is 14.1. The minimum Gasteiger partial charge on any atom is -0.326 e. The molecule has 0 aromatic heterocycles. The van der Waals surface area contributed by atoms with E-state index in [9.17, 15) is 4.39 Å². The second-order valence-electron chi connectivity index (χ2n) is 5.39. The Hall–Kier alpha value is -0.640. The van der Waals surface area contributed by atoms with Crippen molar-refractivity contribution in [1.29, 1.82) is 0 Å². The smallest absolute Gasteiger partial charge is 0.129 e. The van der Waals surface area contributed by atoms with Gasteiger partial charge in [0.05, 0.1) is 6.04 Å². The van der Waals surface area contributed by atoms with Crippen molar-refractivity contribution in [3.05, 3.63) is 34.6 Å². The van der Waals surface area contributed by atoms with Crippen LogP contribution in [0.25, 0.3) is 0 Å². The van der Waals surface area contributed by atoms with Gasteiger partial charge in [-0.3, -0.25) is 4.90 Å². The predicted octanol–water partition coefficient (Wildman–Crippen LogP) is 3.11. The summed E-state index contributed by atoms with van der Waals surface area (Å²) in [6, 6.07) is 5.59. The van der Waals surface area contributed by atoms with Crippen molar-refractivity contribution < 1.29 is 4.39 Å². The van der Waals surface area contributed by atoms with Gasteiger partial charge in [-0.25, -0.2) is 4.39 Å². The van der Waals surface area contributed by atoms with E-state index in [-0.39, 0.29) is 17.9 Å². The van der Waals surface area contributed by atoms with Crippen LogP contribution in [0.3, 0.4) is 0 Å². The van der Waals surface area contributed by atoms with Crippen LogP contribution in [0.4, 0.5) is 4.39 Å². The van der Waals surface area contributed by atoms with Gasteiger partial charge < -0.3 is 5.73 Å². The molecule has 98 valence electrons. The van der Waals surface area contributed by atoms with E-state index in [0.29, 0.717) is 16.6 Å². The minimum atomic E-state index is -0.226. The van der Waals surface area contributed by atoms with Crippen LogP contribution in [-0.4, -0.2) is 23.5 Å². The minimum absolute atomic E-state index is 0.0171. The lowest BCUT2D eigenvalue weighted by atomic mass is 9.90. The van der Waals surface area contributed by atoms with Gasteiger partial charge in [-0.2, -0.15) is 0 Å². The Labute approximate surface area is 112 Å². The largest absolute Gasteiger partial charge is 0.326 e. The molecule has 1 aromatic carbocycles. The van der Waals surface area contributed by atoms with Crippen molar-refractivity contribution in [3.8, 4) is 0 Å². The first-order valence-corrected chi connectivity index (χ1v) is 7.01. The number of likely N-dealkylation sites (tertiary alicyclic amines) is 1. The Morgan fingerprint density at radius 1 is 1.28 bits per heavy atom. The van der Waals surface area contributed by atoms with Gasteiger partial charge in [0.2, 0.25) is 0 Å². The highest BCUT2D eigenvalue weighted by Gasteiger charge is 2.40. The third-order valence-electron chi connectivity index (χ3n) is 4.01. The average Bonchev–Trinajstić information content (AvgIpc) is 3.14. The second kappa shape index (κ2) is 4.80. The van der Waals surface area contributed by atoms with E-state index in [1.807, 2.05) is 0 Å². The fourth-order valence-electron chi connectivity index (χ4n) is 3.02. The number of benzene rings is 1. The number of hydrogen-bond donors (Lipinski definition) is 1. The maximum atomic E-state index is 14.1. The SMILES string of the molecule is NC1CCCN(C2CC2)C1c1ccc(Cl)cc1F. The molecule has 2 fully saturated rings. The molecule has 18 heavy (non-hydrogen) atoms. The van der Waals surface area contributed by atoms with Crippen molar-refractivity contribution in [2.75, 3.05) is 6.54 Å². The third-order valence-corrected chi connectivity index (χ3v) is 4.25. The summed E-state index contributed by atoms with van der Waals surface area (Å²) in [6.45, 7) is 1.03. The van der Waals surface area contributed by atoms with Crippen LogP contribution in [0, 0.1) is 5.82 Å². The van der Waals surface area contributed by atoms with E-state index < -0.39 is 0 Å². The van der Waals surface area contributed by atoms with E-state index in [1.54, 1.807) is 12.1 Å². The summed E-state index contributed by atoms with van der Waals surface area (Å²) >= 11 is 5.82. The molecule has 2 aliphatic rings. The second-order valence-corrected chi connectivity index (χ2v) is 5.82. The monoisotopic (exact) mass is 268 g/mol. The van der Waals surface area contributed by atoms with Crippen LogP contribution in [0.1, 0.15) is 37.3 Å². The molecule has 3 rings (SSSR count). The molecule has 0 amide bonds. The Bertz CT molecular complexity index is 447. The highest BCUT2D eigenvalue weighted by Crippen LogP contribution is 2.40. The van der Waals surface area contributed by atoms with Crippen LogP contribution in [-0.2, 0) is 0 Å². The highest BCUT2D eigenvalue weighted by molar-refractivity contribution is 6.30. The maximum absolute atomic E-state index is 14.1. The summed E-state index contributed by atoms with van der Waals surface area (Å²) in [7, 11) is 0. The average molecular weight is 269 g/mol. The van der Waals surface area contributed by atoms with Crippen LogP contribution >= 0.6 is 11.6 Å². The molecule has 2 atom stereocenters. The topological polar surface area (TPSA) is 29.3 Å². The standard InChI is InChI=1S/C14H18ClFN2/c15-9-3-6-11(12(16)8-9)14-13(17)2-1-7-18(14)10-4-5-10/h3,6,8,10,13-14H,1-2,4-5,7,17H2. The Balaban J connectivity index is 1.94. The maximum Gasteiger partial charge on any atom is 0.129 e. The van der Waals surface area contributed by atoms with Gasteiger partial charge in [0.25, 0.3) is 0 Å². The molecule has 1 saturated carbocycles. The van der Waals surface area contributed by atoms with Gasteiger partial charge in [-0.05, 0) is 44.4 Å². The fraction of sp³-hybridized carbons (Fsp3) is 0.571. The summed E-state index contributed by atoms with van der Waals surface area (Å²) in [5.41, 5.74) is 6.94. The molecule has 1 aliphatic heterocycles. The lowest BCUT2D eigenvalue weighted by Gasteiger charge is -2.40. The van der Waals surface area contributed by atoms with E-state index in [4.69, 9.17) is 17.3 Å². The van der Waals surface area contributed by atoms with Crippen molar-refractivity contribution >= 4 is 11.6 Å². The summed E-state index contributed by atoms with van der Waals surface area (Å²) in [5, 5.41) is 0.443. The van der Waals surface area contributed by atoms with Crippen LogP contribution in [0.5, 0.6) is 0 Å². The van der Waals surface area contributed by atoms with E-state index in [2.05, 4.69) is 4.90 Å². The van der Waals surface area contributed by atoms with E-state index >= 15 is 0 Å². The summed E-state index contributed by atoms with van der Waals surface area (Å²) in [4.78, 5) is 2.39. The molecule has 2 nitrogen and oxygen atoms in total. The van der Waals surface area contributed by atoms with Crippen molar-refractivity contribution in [2.24, 2.45) is 5.73 Å². The fourth-order valence-corrected chi connectivity index (χ4v) is 3.18. The molecule has 0 spiro atoms. The first-order valence-electron chi connectivity index (χ1n) is 6.63. The van der Waals surface area contributed by atoms with E-state index in [0.717, 1.165) is 19.4 Å². The molecule has 1 aromatic rings. The van der Waals surface area contributed by atoms with Gasteiger partial charge in [0.1, 0.15) is 5.82 Å². The first-order chi connectivity index (χ1) is 8.66. The molecular formula is C14H18ClFN2. The number of halogens is 2. The Morgan fingerprint density at radius 3 is 2.72 bits per heavy atom. The Kier molecular flexibility index (Phi) is 3.31. The number of hydrogen-bond acceptors (Lipinski definition) is 2. The molecule has 1 aliphatic carbocycles. The number of rotatable bonds is 2. The summed E-state index contributed by atoms with van der Waals surface area (Å²) in [6.07, 6.45) is 4.52. The molecule has 2 N–H and O–H groups in total. The normalized spacial score (nSPS) is 29.5. The highest BCUT2D eigenvalue weighted by atomic mass is 35.5. The van der Waals surface area contributed by atoms with Crippen molar-refractivity contribution in [3.63, 3.8) is 0 Å². The molecule has 0 bridgehead atoms. The van der Waals surface area contributed by atoms with Gasteiger partial charge in [0.15, 0.2) is 0 Å². The molecule has 1 saturated heterocycles. The lowest BCUT2D eigenvalue weighted by molar-refractivity contribution is 0.117. The van der Waals surface area contributed by atoms with Gasteiger partial charge in [-0.1, -0.05) is 17.7 Å². The van der Waals surface area contributed by atoms with Gasteiger partial charge >= 0.3 is 0 Å². The molecule has 2 unspecified atom stereocenters. The molecule has 1 heterocycles. The molecular weight excluding hydrogens is 251 g/mol. The van der Waals surface area contributed by atoms with Crippen LogP contribution < -0.4 is 5.73 Å². The van der Waals surface area contributed by atoms with Gasteiger partial charge in [-0.15, -0.1) is 0 Å².